The van der Waals surface area contributed by atoms with Crippen molar-refractivity contribution in [2.24, 2.45) is 0 Å². The average Bonchev–Trinajstić information content (AvgIpc) is 2.98. The number of aromatic amines is 1. The molecule has 0 amide bonds. The Balaban J connectivity index is 1.98. The van der Waals surface area contributed by atoms with Crippen LogP contribution in [-0.2, 0) is 0 Å². The van der Waals surface area contributed by atoms with Gasteiger partial charge in [-0.25, -0.2) is 0 Å². The molecule has 0 saturated carbocycles. The molecule has 0 bridgehead atoms. The Labute approximate surface area is 120 Å². The Kier molecular flexibility index (Phi) is 3.60. The highest BCUT2D eigenvalue weighted by molar-refractivity contribution is 7.99. The van der Waals surface area contributed by atoms with Crippen LogP contribution >= 0.6 is 11.8 Å². The molecule has 5 heteroatoms. The SMILES string of the molecule is O=Cc1cc(-c2ccncc2Sc2ccccc2)[nH]n1. The van der Waals surface area contributed by atoms with Gasteiger partial charge < -0.3 is 0 Å². The molecule has 2 aromatic heterocycles. The van der Waals surface area contributed by atoms with Gasteiger partial charge in [0.2, 0.25) is 0 Å². The van der Waals surface area contributed by atoms with Crippen LogP contribution in [0.15, 0.2) is 64.6 Å². The molecule has 98 valence electrons. The fraction of sp³-hybridized carbons (Fsp3) is 0. The van der Waals surface area contributed by atoms with E-state index in [0.29, 0.717) is 5.69 Å². The monoisotopic (exact) mass is 281 g/mol. The van der Waals surface area contributed by atoms with E-state index in [4.69, 9.17) is 0 Å². The number of hydrogen-bond donors (Lipinski definition) is 1. The normalized spacial score (nSPS) is 10.4. The van der Waals surface area contributed by atoms with Crippen molar-refractivity contribution in [3.05, 3.63) is 60.6 Å². The molecule has 0 aliphatic carbocycles. The van der Waals surface area contributed by atoms with E-state index in [1.807, 2.05) is 42.6 Å². The molecule has 3 aromatic rings. The van der Waals surface area contributed by atoms with E-state index in [0.717, 1.165) is 27.3 Å². The van der Waals surface area contributed by atoms with Crippen LogP contribution in [0, 0.1) is 0 Å². The second-order valence-corrected chi connectivity index (χ2v) is 5.23. The van der Waals surface area contributed by atoms with Crippen LogP contribution in [0.5, 0.6) is 0 Å². The average molecular weight is 281 g/mol. The zero-order valence-corrected chi connectivity index (χ0v) is 11.3. The maximum Gasteiger partial charge on any atom is 0.170 e. The quantitative estimate of drug-likeness (QED) is 0.744. The molecule has 0 atom stereocenters. The van der Waals surface area contributed by atoms with Gasteiger partial charge in [0.15, 0.2) is 6.29 Å². The maximum absolute atomic E-state index is 10.7. The lowest BCUT2D eigenvalue weighted by molar-refractivity contribution is 0.111. The summed E-state index contributed by atoms with van der Waals surface area (Å²) in [6.07, 6.45) is 4.27. The van der Waals surface area contributed by atoms with E-state index < -0.39 is 0 Å². The number of H-pyrrole nitrogens is 1. The van der Waals surface area contributed by atoms with Crippen LogP contribution < -0.4 is 0 Å². The first-order valence-corrected chi connectivity index (χ1v) is 6.86. The first-order valence-electron chi connectivity index (χ1n) is 6.04. The van der Waals surface area contributed by atoms with Gasteiger partial charge in [0.25, 0.3) is 0 Å². The number of carbonyl (C=O) groups excluding carboxylic acids is 1. The van der Waals surface area contributed by atoms with Crippen molar-refractivity contribution >= 4 is 18.0 Å². The number of hydrogen-bond acceptors (Lipinski definition) is 4. The number of nitrogens with one attached hydrogen (secondary N) is 1. The Morgan fingerprint density at radius 2 is 2.00 bits per heavy atom. The molecule has 0 saturated heterocycles. The van der Waals surface area contributed by atoms with E-state index >= 15 is 0 Å². The minimum absolute atomic E-state index is 0.396. The van der Waals surface area contributed by atoms with Crippen molar-refractivity contribution in [1.82, 2.24) is 15.2 Å². The van der Waals surface area contributed by atoms with Crippen LogP contribution in [-0.4, -0.2) is 21.5 Å². The minimum Gasteiger partial charge on any atom is -0.296 e. The Bertz CT molecular complexity index is 725. The molecule has 2 heterocycles. The van der Waals surface area contributed by atoms with Crippen molar-refractivity contribution in [3.63, 3.8) is 0 Å². The number of nitrogens with zero attached hydrogens (tertiary/aromatic N) is 2. The molecular formula is C15H11N3OS. The molecule has 0 unspecified atom stereocenters. The summed E-state index contributed by atoms with van der Waals surface area (Å²) >= 11 is 1.63. The van der Waals surface area contributed by atoms with Crippen LogP contribution in [0.1, 0.15) is 10.5 Å². The summed E-state index contributed by atoms with van der Waals surface area (Å²) in [6.45, 7) is 0. The van der Waals surface area contributed by atoms with E-state index in [2.05, 4.69) is 15.2 Å². The first-order chi connectivity index (χ1) is 9.86. The van der Waals surface area contributed by atoms with Gasteiger partial charge in [0.05, 0.1) is 5.69 Å². The number of aldehydes is 1. The van der Waals surface area contributed by atoms with E-state index in [9.17, 15) is 4.79 Å². The second kappa shape index (κ2) is 5.71. The van der Waals surface area contributed by atoms with Gasteiger partial charge in [-0.2, -0.15) is 5.10 Å². The van der Waals surface area contributed by atoms with Crippen molar-refractivity contribution in [3.8, 4) is 11.3 Å². The highest BCUT2D eigenvalue weighted by Gasteiger charge is 2.09. The zero-order chi connectivity index (χ0) is 13.8. The standard InChI is InChI=1S/C15H11N3OS/c19-10-11-8-14(18-17-11)13-6-7-16-9-15(13)20-12-4-2-1-3-5-12/h1-10H,(H,17,18). The topological polar surface area (TPSA) is 58.6 Å². The van der Waals surface area contributed by atoms with Crippen molar-refractivity contribution in [2.45, 2.75) is 9.79 Å². The molecule has 20 heavy (non-hydrogen) atoms. The first kappa shape index (κ1) is 12.6. The fourth-order valence-electron chi connectivity index (χ4n) is 1.83. The predicted octanol–water partition coefficient (Wildman–Crippen LogP) is 3.44. The highest BCUT2D eigenvalue weighted by atomic mass is 32.2. The van der Waals surface area contributed by atoms with E-state index in [-0.39, 0.29) is 0 Å². The van der Waals surface area contributed by atoms with Gasteiger partial charge in [-0.1, -0.05) is 30.0 Å². The number of benzene rings is 1. The van der Waals surface area contributed by atoms with Gasteiger partial charge in [-0.3, -0.25) is 14.9 Å². The number of carbonyl (C=O) groups is 1. The summed E-state index contributed by atoms with van der Waals surface area (Å²) in [5.74, 6) is 0. The lowest BCUT2D eigenvalue weighted by Gasteiger charge is -2.06. The lowest BCUT2D eigenvalue weighted by Crippen LogP contribution is -1.84. The van der Waals surface area contributed by atoms with Crippen LogP contribution in [0.4, 0.5) is 0 Å². The van der Waals surface area contributed by atoms with Crippen LogP contribution in [0.25, 0.3) is 11.3 Å². The summed E-state index contributed by atoms with van der Waals surface area (Å²) in [5, 5.41) is 6.81. The Morgan fingerprint density at radius 3 is 2.75 bits per heavy atom. The van der Waals surface area contributed by atoms with Gasteiger partial charge >= 0.3 is 0 Å². The van der Waals surface area contributed by atoms with Gasteiger partial charge in [0.1, 0.15) is 5.69 Å². The van der Waals surface area contributed by atoms with Crippen LogP contribution in [0.3, 0.4) is 0 Å². The lowest BCUT2D eigenvalue weighted by atomic mass is 10.2. The van der Waals surface area contributed by atoms with E-state index in [1.54, 1.807) is 24.0 Å². The van der Waals surface area contributed by atoms with Gasteiger partial charge in [-0.15, -0.1) is 0 Å². The van der Waals surface area contributed by atoms with Crippen LogP contribution in [0.2, 0.25) is 0 Å². The molecule has 0 aliphatic heterocycles. The largest absolute Gasteiger partial charge is 0.296 e. The minimum atomic E-state index is 0.396. The molecule has 1 N–H and O–H groups in total. The molecular weight excluding hydrogens is 270 g/mol. The molecule has 0 aliphatic rings. The van der Waals surface area contributed by atoms with E-state index in [1.165, 1.54) is 0 Å². The highest BCUT2D eigenvalue weighted by Crippen LogP contribution is 2.34. The smallest absolute Gasteiger partial charge is 0.170 e. The Hall–Kier alpha value is -2.40. The van der Waals surface area contributed by atoms with Gasteiger partial charge in [-0.05, 0) is 24.3 Å². The van der Waals surface area contributed by atoms with Crippen molar-refractivity contribution in [1.29, 1.82) is 0 Å². The third-order valence-electron chi connectivity index (χ3n) is 2.76. The summed E-state index contributed by atoms with van der Waals surface area (Å²) in [7, 11) is 0. The summed E-state index contributed by atoms with van der Waals surface area (Å²) in [4.78, 5) is 17.0. The third-order valence-corrected chi connectivity index (χ3v) is 3.82. The van der Waals surface area contributed by atoms with Crippen molar-refractivity contribution in [2.75, 3.05) is 0 Å². The molecule has 1 aromatic carbocycles. The molecule has 3 rings (SSSR count). The molecule has 4 nitrogen and oxygen atoms in total. The maximum atomic E-state index is 10.7. The number of rotatable bonds is 4. The summed E-state index contributed by atoms with van der Waals surface area (Å²) in [6, 6.07) is 13.7. The predicted molar refractivity (Wildman–Crippen MR) is 77.8 cm³/mol. The summed E-state index contributed by atoms with van der Waals surface area (Å²) < 4.78 is 0. The summed E-state index contributed by atoms with van der Waals surface area (Å²) in [5.41, 5.74) is 2.19. The molecule has 0 fully saturated rings. The fourth-order valence-corrected chi connectivity index (χ4v) is 2.78. The Morgan fingerprint density at radius 1 is 1.15 bits per heavy atom. The van der Waals surface area contributed by atoms with Gasteiger partial charge in [0, 0.05) is 27.7 Å². The number of aromatic nitrogens is 3. The molecule has 0 radical (unpaired) electrons. The third kappa shape index (κ3) is 2.62. The number of pyridine rings is 1. The zero-order valence-electron chi connectivity index (χ0n) is 10.5. The molecule has 0 spiro atoms. The second-order valence-electron chi connectivity index (χ2n) is 4.11. The van der Waals surface area contributed by atoms with Crippen molar-refractivity contribution < 1.29 is 4.79 Å².